The van der Waals surface area contributed by atoms with E-state index in [2.05, 4.69) is 15.9 Å². The van der Waals surface area contributed by atoms with E-state index in [0.717, 1.165) is 0 Å². The number of nitrogens with two attached hydrogens (primary N) is 1. The zero-order chi connectivity index (χ0) is 13.2. The van der Waals surface area contributed by atoms with E-state index in [9.17, 15) is 30.7 Å². The van der Waals surface area contributed by atoms with Crippen LogP contribution in [0.5, 0.6) is 0 Å². The molecule has 17 heavy (non-hydrogen) atoms. The molecule has 2 fully saturated rings. The minimum Gasteiger partial charge on any atom is -0.320 e. The van der Waals surface area contributed by atoms with E-state index < -0.39 is 47.3 Å². The average molecular weight is 331 g/mol. The van der Waals surface area contributed by atoms with E-state index in [1.165, 1.54) is 0 Å². The molecule has 1 aliphatic carbocycles. The molecular weight excluding hydrogens is 323 g/mol. The van der Waals surface area contributed by atoms with Crippen molar-refractivity contribution >= 4 is 15.9 Å². The standard InChI is InChI=1S/C8H7BrF7N/c9-4-2-1-3(10)5(4)17-6(2,7(11,12)13)8(14,15)16/h2-5,17H,1H2/p+1/t2-,3-,4-,5+/m1/s1. The molecule has 1 aliphatic heterocycles. The molecule has 1 saturated carbocycles. The van der Waals surface area contributed by atoms with Crippen molar-refractivity contribution in [1.29, 1.82) is 0 Å². The van der Waals surface area contributed by atoms with Gasteiger partial charge in [-0.1, -0.05) is 15.9 Å². The fraction of sp³-hybridized carbons (Fsp3) is 1.00. The Bertz CT molecular complexity index is 311. The number of fused-ring (bicyclic) bond motifs is 2. The maximum absolute atomic E-state index is 13.2. The summed E-state index contributed by atoms with van der Waals surface area (Å²) in [4.78, 5) is -1.11. The molecule has 100 valence electrons. The second-order valence-electron chi connectivity index (χ2n) is 4.41. The Balaban J connectivity index is 2.48. The number of alkyl halides is 8. The minimum absolute atomic E-state index is 0.102. The second-order valence-corrected chi connectivity index (χ2v) is 5.47. The van der Waals surface area contributed by atoms with Gasteiger partial charge in [0.05, 0.1) is 10.7 Å². The maximum atomic E-state index is 13.2. The van der Waals surface area contributed by atoms with Crippen LogP contribution < -0.4 is 5.32 Å². The number of halogens is 8. The van der Waals surface area contributed by atoms with Crippen molar-refractivity contribution in [2.75, 3.05) is 0 Å². The Labute approximate surface area is 99.9 Å². The van der Waals surface area contributed by atoms with E-state index in [-0.39, 0.29) is 5.32 Å². The molecule has 2 bridgehead atoms. The van der Waals surface area contributed by atoms with Gasteiger partial charge in [-0.25, -0.2) is 4.39 Å². The molecule has 1 heterocycles. The first-order valence-corrected chi connectivity index (χ1v) is 5.71. The molecule has 1 saturated heterocycles. The van der Waals surface area contributed by atoms with Crippen molar-refractivity contribution in [1.82, 2.24) is 0 Å². The summed E-state index contributed by atoms with van der Waals surface area (Å²) in [7, 11) is 0. The van der Waals surface area contributed by atoms with Crippen molar-refractivity contribution in [2.24, 2.45) is 5.92 Å². The third-order valence-corrected chi connectivity index (χ3v) is 4.88. The van der Waals surface area contributed by atoms with Crippen LogP contribution in [0.3, 0.4) is 0 Å². The van der Waals surface area contributed by atoms with E-state index in [1.807, 2.05) is 0 Å². The highest BCUT2D eigenvalue weighted by molar-refractivity contribution is 9.09. The first kappa shape index (κ1) is 13.4. The van der Waals surface area contributed by atoms with Crippen molar-refractivity contribution in [3.8, 4) is 0 Å². The van der Waals surface area contributed by atoms with Crippen LogP contribution in [0.2, 0.25) is 0 Å². The minimum atomic E-state index is -5.45. The topological polar surface area (TPSA) is 16.6 Å². The number of rotatable bonds is 0. The Morgan fingerprint density at radius 2 is 1.53 bits per heavy atom. The first-order valence-electron chi connectivity index (χ1n) is 4.80. The van der Waals surface area contributed by atoms with Gasteiger partial charge in [0, 0.05) is 0 Å². The van der Waals surface area contributed by atoms with Crippen molar-refractivity contribution in [3.05, 3.63) is 0 Å². The van der Waals surface area contributed by atoms with Gasteiger partial charge in [-0.05, 0) is 6.42 Å². The monoisotopic (exact) mass is 330 g/mol. The fourth-order valence-electron chi connectivity index (χ4n) is 2.83. The third-order valence-electron chi connectivity index (χ3n) is 3.63. The summed E-state index contributed by atoms with van der Waals surface area (Å²) < 4.78 is 89.8. The number of hydrogen-bond acceptors (Lipinski definition) is 0. The number of quaternary nitrogens is 1. The van der Waals surface area contributed by atoms with Gasteiger partial charge < -0.3 is 5.32 Å². The lowest BCUT2D eigenvalue weighted by molar-refractivity contribution is -0.798. The first-order chi connectivity index (χ1) is 7.52. The molecule has 2 rings (SSSR count). The lowest BCUT2D eigenvalue weighted by atomic mass is 9.82. The number of piperidine rings is 1. The molecule has 0 aromatic carbocycles. The average Bonchev–Trinajstić information content (AvgIpc) is 2.53. The molecule has 4 atom stereocenters. The summed E-state index contributed by atoms with van der Waals surface area (Å²) in [6.07, 6.45) is -13.2. The molecule has 2 N–H and O–H groups in total. The van der Waals surface area contributed by atoms with E-state index >= 15 is 0 Å². The SMILES string of the molecule is F[C@@H]1C[C@@H]2[C@@H](Br)[C@H]1[NH2+]C2(C(F)(F)F)C(F)(F)F. The fourth-order valence-corrected chi connectivity index (χ4v) is 3.94. The summed E-state index contributed by atoms with van der Waals surface area (Å²) in [5, 5.41) is 0.102. The van der Waals surface area contributed by atoms with Gasteiger partial charge in [-0.15, -0.1) is 0 Å². The maximum Gasteiger partial charge on any atom is 0.454 e. The predicted octanol–water partition coefficient (Wildman–Crippen LogP) is 1.92. The zero-order valence-electron chi connectivity index (χ0n) is 8.12. The Morgan fingerprint density at radius 1 is 1.06 bits per heavy atom. The van der Waals surface area contributed by atoms with Crippen molar-refractivity contribution in [2.45, 2.75) is 41.4 Å². The van der Waals surface area contributed by atoms with Gasteiger partial charge in [0.15, 0.2) is 6.17 Å². The lowest BCUT2D eigenvalue weighted by Gasteiger charge is -2.37. The van der Waals surface area contributed by atoms with Gasteiger partial charge in [0.25, 0.3) is 5.54 Å². The van der Waals surface area contributed by atoms with E-state index in [1.54, 1.807) is 0 Å². The molecule has 9 heteroatoms. The second kappa shape index (κ2) is 3.49. The summed E-state index contributed by atoms with van der Waals surface area (Å²) in [5.41, 5.74) is -3.87. The zero-order valence-corrected chi connectivity index (χ0v) is 9.70. The molecule has 0 radical (unpaired) electrons. The highest BCUT2D eigenvalue weighted by Crippen LogP contribution is 2.55. The third kappa shape index (κ3) is 1.54. The summed E-state index contributed by atoms with van der Waals surface area (Å²) in [5.74, 6) is -1.82. The van der Waals surface area contributed by atoms with E-state index in [0.29, 0.717) is 0 Å². The summed E-state index contributed by atoms with van der Waals surface area (Å²) in [6, 6.07) is -1.33. The van der Waals surface area contributed by atoms with Gasteiger partial charge in [0.1, 0.15) is 6.04 Å². The molecule has 0 aromatic rings. The quantitative estimate of drug-likeness (QED) is 0.516. The van der Waals surface area contributed by atoms with Crippen LogP contribution in [0.25, 0.3) is 0 Å². The van der Waals surface area contributed by atoms with Gasteiger partial charge in [0.2, 0.25) is 0 Å². The van der Waals surface area contributed by atoms with Gasteiger partial charge in [-0.2, -0.15) is 26.3 Å². The highest BCUT2D eigenvalue weighted by Gasteiger charge is 2.85. The highest BCUT2D eigenvalue weighted by atomic mass is 79.9. The molecular formula is C8H8BrF7N+. The van der Waals surface area contributed by atoms with Gasteiger partial charge >= 0.3 is 12.4 Å². The van der Waals surface area contributed by atoms with Crippen molar-refractivity contribution in [3.63, 3.8) is 0 Å². The van der Waals surface area contributed by atoms with Crippen LogP contribution in [0.4, 0.5) is 30.7 Å². The Kier molecular flexibility index (Phi) is 2.75. The number of hydrogen-bond donors (Lipinski definition) is 1. The van der Waals surface area contributed by atoms with Crippen molar-refractivity contribution < 1.29 is 36.0 Å². The largest absolute Gasteiger partial charge is 0.454 e. The molecule has 2 aliphatic rings. The van der Waals surface area contributed by atoms with Crippen LogP contribution in [0.1, 0.15) is 6.42 Å². The Morgan fingerprint density at radius 3 is 1.76 bits per heavy atom. The van der Waals surface area contributed by atoms with Crippen LogP contribution in [-0.2, 0) is 0 Å². The van der Waals surface area contributed by atoms with Crippen LogP contribution in [-0.4, -0.2) is 34.9 Å². The van der Waals surface area contributed by atoms with Crippen LogP contribution in [0.15, 0.2) is 0 Å². The van der Waals surface area contributed by atoms with E-state index in [4.69, 9.17) is 0 Å². The molecule has 1 nitrogen and oxygen atoms in total. The lowest BCUT2D eigenvalue weighted by Crippen LogP contribution is -3.07. The summed E-state index contributed by atoms with van der Waals surface area (Å²) in [6.45, 7) is 0. The normalized spacial score (nSPS) is 40.9. The molecule has 0 unspecified atom stereocenters. The molecule has 0 aromatic heterocycles. The smallest absolute Gasteiger partial charge is 0.320 e. The molecule has 0 spiro atoms. The summed E-state index contributed by atoms with van der Waals surface area (Å²) >= 11 is 2.76. The van der Waals surface area contributed by atoms with Gasteiger partial charge in [-0.3, -0.25) is 0 Å². The molecule has 0 amide bonds. The predicted molar refractivity (Wildman–Crippen MR) is 46.3 cm³/mol. The van der Waals surface area contributed by atoms with Crippen LogP contribution in [0, 0.1) is 5.92 Å². The Hall–Kier alpha value is -0.0500. The van der Waals surface area contributed by atoms with Crippen LogP contribution >= 0.6 is 15.9 Å².